The topological polar surface area (TPSA) is 71.0 Å². The first kappa shape index (κ1) is 20.7. The van der Waals surface area contributed by atoms with Gasteiger partial charge < -0.3 is 19.7 Å². The third-order valence-corrected chi connectivity index (χ3v) is 7.36. The average molecular weight is 400 g/mol. The summed E-state index contributed by atoms with van der Waals surface area (Å²) in [5.41, 5.74) is 2.03. The maximum Gasteiger partial charge on any atom is 0.494 e. The molecule has 0 aromatic heterocycles. The Kier molecular flexibility index (Phi) is 5.20. The largest absolute Gasteiger partial charge is 0.494 e. The molecule has 1 saturated carbocycles. The third kappa shape index (κ3) is 4.18. The molecule has 1 amide bonds. The lowest BCUT2D eigenvalue weighted by Gasteiger charge is -2.38. The van der Waals surface area contributed by atoms with Gasteiger partial charge in [-0.1, -0.05) is 24.3 Å². The number of likely N-dealkylation sites (tertiary alicyclic amines) is 1. The van der Waals surface area contributed by atoms with Crippen LogP contribution < -0.4 is 10.8 Å². The minimum Gasteiger partial charge on any atom is -0.465 e. The van der Waals surface area contributed by atoms with Crippen LogP contribution in [0.15, 0.2) is 24.3 Å². The second-order valence-corrected chi connectivity index (χ2v) is 9.94. The standard InChI is InChI=1S/C22H33BN2O4/c1-20(2)21(3,4)29-23(28-20)17-7-5-16(6-8-17)15-22(11-12-22)25-13-9-18(10-14-25)24-19(26)27/h5-8,18,24H,9-15H2,1-4H3,(H,26,27). The van der Waals surface area contributed by atoms with Crippen LogP contribution in [-0.2, 0) is 15.7 Å². The van der Waals surface area contributed by atoms with E-state index in [-0.39, 0.29) is 29.9 Å². The highest BCUT2D eigenvalue weighted by Gasteiger charge is 2.52. The lowest BCUT2D eigenvalue weighted by Crippen LogP contribution is -2.49. The first-order valence-corrected chi connectivity index (χ1v) is 10.8. The summed E-state index contributed by atoms with van der Waals surface area (Å²) in [7, 11) is -0.315. The molecule has 1 aromatic rings. The summed E-state index contributed by atoms with van der Waals surface area (Å²) in [5.74, 6) is 0. The fourth-order valence-electron chi connectivity index (χ4n) is 4.57. The Bertz CT molecular complexity index is 737. The molecule has 2 saturated heterocycles. The summed E-state index contributed by atoms with van der Waals surface area (Å²) in [6.45, 7) is 10.2. The van der Waals surface area contributed by atoms with Crippen molar-refractivity contribution in [1.29, 1.82) is 0 Å². The molecule has 1 aromatic carbocycles. The molecule has 3 aliphatic rings. The second-order valence-electron chi connectivity index (χ2n) is 9.94. The number of hydrogen-bond donors (Lipinski definition) is 2. The van der Waals surface area contributed by atoms with Gasteiger partial charge in [0.25, 0.3) is 0 Å². The smallest absolute Gasteiger partial charge is 0.465 e. The number of carbonyl (C=O) groups is 1. The molecule has 2 N–H and O–H groups in total. The van der Waals surface area contributed by atoms with Gasteiger partial charge >= 0.3 is 13.2 Å². The van der Waals surface area contributed by atoms with Gasteiger partial charge in [0.15, 0.2) is 0 Å². The molecule has 0 unspecified atom stereocenters. The Morgan fingerprint density at radius 1 is 1.10 bits per heavy atom. The van der Waals surface area contributed by atoms with Gasteiger partial charge in [-0.25, -0.2) is 4.79 Å². The number of nitrogens with zero attached hydrogens (tertiary/aromatic N) is 1. The van der Waals surface area contributed by atoms with Gasteiger partial charge in [-0.3, -0.25) is 4.90 Å². The third-order valence-electron chi connectivity index (χ3n) is 7.36. The Morgan fingerprint density at radius 3 is 2.14 bits per heavy atom. The predicted molar refractivity (Wildman–Crippen MR) is 114 cm³/mol. The van der Waals surface area contributed by atoms with E-state index >= 15 is 0 Å². The van der Waals surface area contributed by atoms with Gasteiger partial charge in [0.1, 0.15) is 0 Å². The van der Waals surface area contributed by atoms with Crippen LogP contribution in [0.3, 0.4) is 0 Å². The quantitative estimate of drug-likeness (QED) is 0.744. The minimum atomic E-state index is -0.910. The molecule has 2 heterocycles. The Morgan fingerprint density at radius 2 is 1.66 bits per heavy atom. The van der Waals surface area contributed by atoms with E-state index in [2.05, 4.69) is 62.2 Å². The number of carboxylic acid groups (broad SMARTS) is 1. The van der Waals surface area contributed by atoms with Crippen molar-refractivity contribution in [1.82, 2.24) is 10.2 Å². The minimum absolute atomic E-state index is 0.0961. The molecule has 0 atom stereocenters. The van der Waals surface area contributed by atoms with Crippen LogP contribution in [0.2, 0.25) is 0 Å². The van der Waals surface area contributed by atoms with E-state index < -0.39 is 6.09 Å². The SMILES string of the molecule is CC1(C)OB(c2ccc(CC3(N4CCC(NC(=O)O)CC4)CC3)cc2)OC1(C)C. The van der Waals surface area contributed by atoms with E-state index in [1.54, 1.807) is 0 Å². The van der Waals surface area contributed by atoms with Gasteiger partial charge in [-0.2, -0.15) is 0 Å². The number of amides is 1. The van der Waals surface area contributed by atoms with Gasteiger partial charge in [-0.15, -0.1) is 0 Å². The van der Waals surface area contributed by atoms with Crippen molar-refractivity contribution in [3.8, 4) is 0 Å². The highest BCUT2D eigenvalue weighted by atomic mass is 16.7. The molecule has 1 aliphatic carbocycles. The molecule has 7 heteroatoms. The lowest BCUT2D eigenvalue weighted by molar-refractivity contribution is 0.00578. The number of rotatable bonds is 5. The maximum atomic E-state index is 10.9. The van der Waals surface area contributed by atoms with Crippen molar-refractivity contribution in [2.24, 2.45) is 0 Å². The molecule has 3 fully saturated rings. The molecule has 6 nitrogen and oxygen atoms in total. The van der Waals surface area contributed by atoms with Crippen molar-refractivity contribution in [3.05, 3.63) is 29.8 Å². The van der Waals surface area contributed by atoms with Crippen LogP contribution in [0.1, 0.15) is 58.9 Å². The lowest BCUT2D eigenvalue weighted by atomic mass is 9.78. The first-order chi connectivity index (χ1) is 13.6. The zero-order valence-corrected chi connectivity index (χ0v) is 18.0. The fourth-order valence-corrected chi connectivity index (χ4v) is 4.57. The van der Waals surface area contributed by atoms with E-state index in [9.17, 15) is 4.79 Å². The highest BCUT2D eigenvalue weighted by Crippen LogP contribution is 2.45. The van der Waals surface area contributed by atoms with Crippen molar-refractivity contribution in [2.45, 2.75) is 82.6 Å². The monoisotopic (exact) mass is 400 g/mol. The molecular formula is C22H33BN2O4. The van der Waals surface area contributed by atoms with E-state index in [0.29, 0.717) is 0 Å². The van der Waals surface area contributed by atoms with Crippen LogP contribution in [0, 0.1) is 0 Å². The molecule has 0 bridgehead atoms. The summed E-state index contributed by atoms with van der Waals surface area (Å²) < 4.78 is 12.3. The van der Waals surface area contributed by atoms with Crippen LogP contribution >= 0.6 is 0 Å². The molecular weight excluding hydrogens is 367 g/mol. The summed E-state index contributed by atoms with van der Waals surface area (Å²) >= 11 is 0. The summed E-state index contributed by atoms with van der Waals surface area (Å²) in [4.78, 5) is 13.4. The zero-order chi connectivity index (χ0) is 20.9. The molecule has 29 heavy (non-hydrogen) atoms. The Labute approximate surface area is 174 Å². The number of hydrogen-bond acceptors (Lipinski definition) is 4. The van der Waals surface area contributed by atoms with E-state index in [0.717, 1.165) is 37.8 Å². The molecule has 0 radical (unpaired) electrons. The van der Waals surface area contributed by atoms with Gasteiger partial charge in [0, 0.05) is 24.7 Å². The number of piperidine rings is 1. The average Bonchev–Trinajstić information content (AvgIpc) is 3.37. The van der Waals surface area contributed by atoms with Crippen molar-refractivity contribution in [2.75, 3.05) is 13.1 Å². The molecule has 158 valence electrons. The number of nitrogens with one attached hydrogen (secondary N) is 1. The normalized spacial score (nSPS) is 25.7. The van der Waals surface area contributed by atoms with Crippen molar-refractivity contribution in [3.63, 3.8) is 0 Å². The van der Waals surface area contributed by atoms with E-state index in [4.69, 9.17) is 14.4 Å². The molecule has 0 spiro atoms. The Balaban J connectivity index is 1.35. The summed E-state index contributed by atoms with van der Waals surface area (Å²) in [6, 6.07) is 8.78. The van der Waals surface area contributed by atoms with Gasteiger partial charge in [-0.05, 0) is 70.8 Å². The Hall–Kier alpha value is -1.57. The van der Waals surface area contributed by atoms with Crippen LogP contribution in [0.25, 0.3) is 0 Å². The predicted octanol–water partition coefficient (Wildman–Crippen LogP) is 2.79. The highest BCUT2D eigenvalue weighted by molar-refractivity contribution is 6.62. The van der Waals surface area contributed by atoms with Crippen LogP contribution in [-0.4, -0.2) is 59.1 Å². The van der Waals surface area contributed by atoms with E-state index in [1.165, 1.54) is 18.4 Å². The van der Waals surface area contributed by atoms with Crippen molar-refractivity contribution >= 4 is 18.7 Å². The fraction of sp³-hybridized carbons (Fsp3) is 0.682. The van der Waals surface area contributed by atoms with E-state index in [1.807, 2.05) is 0 Å². The van der Waals surface area contributed by atoms with Crippen LogP contribution in [0.4, 0.5) is 4.79 Å². The van der Waals surface area contributed by atoms with Crippen LogP contribution in [0.5, 0.6) is 0 Å². The summed E-state index contributed by atoms with van der Waals surface area (Å²) in [6.07, 6.45) is 4.38. The molecule has 2 aliphatic heterocycles. The number of benzene rings is 1. The maximum absolute atomic E-state index is 10.9. The first-order valence-electron chi connectivity index (χ1n) is 10.8. The second kappa shape index (κ2) is 7.29. The summed E-state index contributed by atoms with van der Waals surface area (Å²) in [5, 5.41) is 11.5. The molecule has 4 rings (SSSR count). The van der Waals surface area contributed by atoms with Crippen molar-refractivity contribution < 1.29 is 19.2 Å². The van der Waals surface area contributed by atoms with Gasteiger partial charge in [0.2, 0.25) is 0 Å². The van der Waals surface area contributed by atoms with Gasteiger partial charge in [0.05, 0.1) is 11.2 Å². The zero-order valence-electron chi connectivity index (χ0n) is 18.0.